The second-order valence-electron chi connectivity index (χ2n) is 6.40. The van der Waals surface area contributed by atoms with Crippen LogP contribution in [-0.2, 0) is 9.53 Å². The first kappa shape index (κ1) is 15.8. The van der Waals surface area contributed by atoms with Crippen molar-refractivity contribution in [1.82, 2.24) is 5.32 Å². The summed E-state index contributed by atoms with van der Waals surface area (Å²) in [6.45, 7) is 2.42. The first-order valence-corrected chi connectivity index (χ1v) is 8.28. The molecule has 0 spiro atoms. The first-order valence-electron chi connectivity index (χ1n) is 8.28. The smallest absolute Gasteiger partial charge is 0.248 e. The van der Waals surface area contributed by atoms with Crippen LogP contribution in [0.3, 0.4) is 0 Å². The van der Waals surface area contributed by atoms with Crippen LogP contribution in [0.25, 0.3) is 0 Å². The molecule has 2 saturated carbocycles. The highest BCUT2D eigenvalue weighted by Gasteiger charge is 2.26. The molecular formula is C16H29NO3. The molecule has 4 nitrogen and oxygen atoms in total. The quantitative estimate of drug-likeness (QED) is 0.762. The molecule has 2 rings (SSSR count). The number of nitrogens with one attached hydrogen (secondary N) is 1. The first-order chi connectivity index (χ1) is 9.66. The zero-order chi connectivity index (χ0) is 14.4. The summed E-state index contributed by atoms with van der Waals surface area (Å²) in [6.07, 6.45) is 9.75. The highest BCUT2D eigenvalue weighted by molar-refractivity contribution is 5.80. The predicted molar refractivity (Wildman–Crippen MR) is 78.4 cm³/mol. The largest absolute Gasteiger partial charge is 0.393 e. The minimum absolute atomic E-state index is 0.0339. The Bertz CT molecular complexity index is 300. The monoisotopic (exact) mass is 283 g/mol. The van der Waals surface area contributed by atoms with Crippen molar-refractivity contribution in [3.63, 3.8) is 0 Å². The van der Waals surface area contributed by atoms with E-state index in [1.165, 1.54) is 25.7 Å². The van der Waals surface area contributed by atoms with Gasteiger partial charge in [-0.3, -0.25) is 4.79 Å². The fourth-order valence-corrected chi connectivity index (χ4v) is 3.36. The van der Waals surface area contributed by atoms with E-state index < -0.39 is 0 Å². The Morgan fingerprint density at radius 2 is 1.85 bits per heavy atom. The van der Waals surface area contributed by atoms with Crippen LogP contribution in [-0.4, -0.2) is 35.9 Å². The van der Waals surface area contributed by atoms with E-state index in [9.17, 15) is 9.90 Å². The van der Waals surface area contributed by atoms with Crippen molar-refractivity contribution < 1.29 is 14.6 Å². The highest BCUT2D eigenvalue weighted by Crippen LogP contribution is 2.25. The topological polar surface area (TPSA) is 58.6 Å². The van der Waals surface area contributed by atoms with Crippen LogP contribution >= 0.6 is 0 Å². The summed E-state index contributed by atoms with van der Waals surface area (Å²) in [5.74, 6) is 0.192. The third-order valence-corrected chi connectivity index (χ3v) is 4.73. The number of aliphatic hydroxyl groups is 1. The maximum absolute atomic E-state index is 12.0. The van der Waals surface area contributed by atoms with Crippen molar-refractivity contribution in [3.8, 4) is 0 Å². The molecule has 4 heteroatoms. The van der Waals surface area contributed by atoms with Gasteiger partial charge in [0.15, 0.2) is 0 Å². The van der Waals surface area contributed by atoms with E-state index in [1.807, 2.05) is 6.92 Å². The van der Waals surface area contributed by atoms with E-state index in [-0.39, 0.29) is 30.1 Å². The number of carbonyl (C=O) groups is 1. The molecule has 0 aromatic heterocycles. The Balaban J connectivity index is 1.68. The maximum atomic E-state index is 12.0. The van der Waals surface area contributed by atoms with Crippen molar-refractivity contribution in [2.75, 3.05) is 6.54 Å². The molecule has 0 aromatic carbocycles. The second kappa shape index (κ2) is 7.99. The molecule has 0 heterocycles. The van der Waals surface area contributed by atoms with E-state index in [2.05, 4.69) is 5.32 Å². The summed E-state index contributed by atoms with van der Waals surface area (Å²) in [5, 5.41) is 12.7. The van der Waals surface area contributed by atoms with Crippen molar-refractivity contribution in [3.05, 3.63) is 0 Å². The van der Waals surface area contributed by atoms with E-state index in [0.717, 1.165) is 32.1 Å². The van der Waals surface area contributed by atoms with Crippen molar-refractivity contribution in [2.45, 2.75) is 83.0 Å². The summed E-state index contributed by atoms with van der Waals surface area (Å²) in [6, 6.07) is 0. The average Bonchev–Trinajstić information content (AvgIpc) is 2.68. The van der Waals surface area contributed by atoms with Crippen LogP contribution in [0.2, 0.25) is 0 Å². The number of carbonyl (C=O) groups excluding carboxylic acids is 1. The Kier molecular flexibility index (Phi) is 6.30. The molecule has 0 aromatic rings. The molecule has 3 atom stereocenters. The van der Waals surface area contributed by atoms with Gasteiger partial charge in [0.05, 0.1) is 12.2 Å². The summed E-state index contributed by atoms with van der Waals surface area (Å²) in [5.41, 5.74) is 0. The number of aliphatic hydroxyl groups excluding tert-OH is 1. The van der Waals surface area contributed by atoms with Gasteiger partial charge in [-0.2, -0.15) is 0 Å². The molecule has 0 radical (unpaired) electrons. The molecule has 2 aliphatic rings. The standard InChI is InChI=1S/C16H29NO3/c1-12(20-14-8-4-2-3-5-9-14)16(19)17-11-13-7-6-10-15(13)18/h12-15,18H,2-11H2,1H3,(H,17,19). The Morgan fingerprint density at radius 1 is 1.15 bits per heavy atom. The lowest BCUT2D eigenvalue weighted by Gasteiger charge is -2.22. The molecule has 20 heavy (non-hydrogen) atoms. The van der Waals surface area contributed by atoms with Gasteiger partial charge in [-0.15, -0.1) is 0 Å². The van der Waals surface area contributed by atoms with Gasteiger partial charge in [-0.05, 0) is 32.6 Å². The van der Waals surface area contributed by atoms with Gasteiger partial charge in [0.2, 0.25) is 5.91 Å². The van der Waals surface area contributed by atoms with Crippen LogP contribution in [0.15, 0.2) is 0 Å². The molecule has 2 N–H and O–H groups in total. The minimum Gasteiger partial charge on any atom is -0.393 e. The van der Waals surface area contributed by atoms with E-state index in [4.69, 9.17) is 4.74 Å². The van der Waals surface area contributed by atoms with Crippen molar-refractivity contribution in [2.24, 2.45) is 5.92 Å². The van der Waals surface area contributed by atoms with Gasteiger partial charge in [-0.25, -0.2) is 0 Å². The second-order valence-corrected chi connectivity index (χ2v) is 6.40. The lowest BCUT2D eigenvalue weighted by atomic mass is 10.1. The van der Waals surface area contributed by atoms with E-state index in [1.54, 1.807) is 0 Å². The lowest BCUT2D eigenvalue weighted by molar-refractivity contribution is -0.136. The highest BCUT2D eigenvalue weighted by atomic mass is 16.5. The van der Waals surface area contributed by atoms with Gasteiger partial charge < -0.3 is 15.2 Å². The van der Waals surface area contributed by atoms with Gasteiger partial charge in [0.1, 0.15) is 6.10 Å². The van der Waals surface area contributed by atoms with Gasteiger partial charge in [0.25, 0.3) is 0 Å². The average molecular weight is 283 g/mol. The van der Waals surface area contributed by atoms with Gasteiger partial charge >= 0.3 is 0 Å². The number of amides is 1. The normalized spacial score (nSPS) is 29.9. The maximum Gasteiger partial charge on any atom is 0.248 e. The van der Waals surface area contributed by atoms with Crippen LogP contribution in [0.5, 0.6) is 0 Å². The lowest BCUT2D eigenvalue weighted by Crippen LogP contribution is -2.40. The summed E-state index contributed by atoms with van der Waals surface area (Å²) >= 11 is 0. The molecule has 0 bridgehead atoms. The number of rotatable bonds is 5. The molecule has 2 fully saturated rings. The Morgan fingerprint density at radius 3 is 2.45 bits per heavy atom. The summed E-state index contributed by atoms with van der Waals surface area (Å²) in [4.78, 5) is 12.0. The van der Waals surface area contributed by atoms with Gasteiger partial charge in [0, 0.05) is 12.5 Å². The molecule has 1 amide bonds. The van der Waals surface area contributed by atoms with Crippen molar-refractivity contribution >= 4 is 5.91 Å². The van der Waals surface area contributed by atoms with Crippen LogP contribution in [0.1, 0.15) is 64.7 Å². The molecule has 0 saturated heterocycles. The van der Waals surface area contributed by atoms with Crippen LogP contribution < -0.4 is 5.32 Å². The fraction of sp³-hybridized carbons (Fsp3) is 0.938. The summed E-state index contributed by atoms with van der Waals surface area (Å²) in [7, 11) is 0. The Labute approximate surface area is 122 Å². The predicted octanol–water partition coefficient (Wildman–Crippen LogP) is 2.39. The summed E-state index contributed by atoms with van der Waals surface area (Å²) < 4.78 is 5.90. The van der Waals surface area contributed by atoms with E-state index >= 15 is 0 Å². The number of ether oxygens (including phenoxy) is 1. The number of hydrogen-bond donors (Lipinski definition) is 2. The third-order valence-electron chi connectivity index (χ3n) is 4.73. The third kappa shape index (κ3) is 4.74. The zero-order valence-corrected chi connectivity index (χ0v) is 12.6. The van der Waals surface area contributed by atoms with Crippen LogP contribution in [0, 0.1) is 5.92 Å². The van der Waals surface area contributed by atoms with E-state index in [0.29, 0.717) is 6.54 Å². The molecule has 116 valence electrons. The van der Waals surface area contributed by atoms with Crippen LogP contribution in [0.4, 0.5) is 0 Å². The van der Waals surface area contributed by atoms with Gasteiger partial charge in [-0.1, -0.05) is 32.1 Å². The SMILES string of the molecule is CC(OC1CCCCCC1)C(=O)NCC1CCCC1O. The fourth-order valence-electron chi connectivity index (χ4n) is 3.36. The van der Waals surface area contributed by atoms with Crippen molar-refractivity contribution in [1.29, 1.82) is 0 Å². The molecule has 2 aliphatic carbocycles. The molecule has 3 unspecified atom stereocenters. The minimum atomic E-state index is -0.378. The Hall–Kier alpha value is -0.610. The molecule has 0 aliphatic heterocycles. The number of hydrogen-bond acceptors (Lipinski definition) is 3. The zero-order valence-electron chi connectivity index (χ0n) is 12.6. The molecular weight excluding hydrogens is 254 g/mol.